The van der Waals surface area contributed by atoms with Crippen LogP contribution in [0.4, 0.5) is 0 Å². The number of amides is 4. The number of fused-ring (bicyclic) bond motifs is 2. The molecule has 2 aliphatic heterocycles. The fourth-order valence-electron chi connectivity index (χ4n) is 9.06. The predicted octanol–water partition coefficient (Wildman–Crippen LogP) is 8.51. The second kappa shape index (κ2) is 14.1. The summed E-state index contributed by atoms with van der Waals surface area (Å²) in [6.45, 7) is 12.7. The number of imide groups is 2. The summed E-state index contributed by atoms with van der Waals surface area (Å²) in [6.07, 6.45) is 5.74. The lowest BCUT2D eigenvalue weighted by molar-refractivity contribution is -0.102. The molecule has 0 bridgehead atoms. The molecule has 9 nitrogen and oxygen atoms in total. The Hall–Kier alpha value is -4.44. The molecule has 0 saturated heterocycles. The largest absolute Gasteiger partial charge is 0.394 e. The summed E-state index contributed by atoms with van der Waals surface area (Å²) in [5.41, 5.74) is 1.34. The van der Waals surface area contributed by atoms with E-state index in [1.807, 2.05) is 76.2 Å². The summed E-state index contributed by atoms with van der Waals surface area (Å²) >= 11 is 0. The number of hydrogen-bond acceptors (Lipinski definition) is 7. The van der Waals surface area contributed by atoms with E-state index < -0.39 is 11.6 Å². The highest BCUT2D eigenvalue weighted by Crippen LogP contribution is 2.47. The van der Waals surface area contributed by atoms with Crippen molar-refractivity contribution in [1.82, 2.24) is 9.80 Å². The van der Waals surface area contributed by atoms with Gasteiger partial charge in [-0.3, -0.25) is 29.0 Å². The fraction of sp³-hybridized carbons (Fsp3) is 0.455. The van der Waals surface area contributed by atoms with E-state index in [1.165, 1.54) is 9.80 Å². The third-order valence-electron chi connectivity index (χ3n) is 11.6. The van der Waals surface area contributed by atoms with Gasteiger partial charge in [-0.15, -0.1) is 0 Å². The van der Waals surface area contributed by atoms with Crippen molar-refractivity contribution in [2.24, 2.45) is 5.92 Å². The van der Waals surface area contributed by atoms with Gasteiger partial charge in [-0.1, -0.05) is 57.4 Å². The minimum Gasteiger partial charge on any atom is -0.394 e. The first-order chi connectivity index (χ1) is 25.3. The van der Waals surface area contributed by atoms with Gasteiger partial charge in [-0.05, 0) is 109 Å². The Balaban J connectivity index is 0.000000817. The number of nitrogens with zero attached hydrogens (tertiary/aromatic N) is 2. The van der Waals surface area contributed by atoms with Gasteiger partial charge in [0.05, 0.1) is 31.0 Å². The number of methoxy groups -OCH3 is 1. The van der Waals surface area contributed by atoms with E-state index in [-0.39, 0.29) is 42.4 Å². The smallest absolute Gasteiger partial charge is 0.261 e. The van der Waals surface area contributed by atoms with Gasteiger partial charge in [0.2, 0.25) is 0 Å². The molecule has 2 atom stereocenters. The topological polar surface area (TPSA) is 113 Å². The number of hydrogen-bond donors (Lipinski definition) is 1. The van der Waals surface area contributed by atoms with Crippen molar-refractivity contribution in [3.05, 3.63) is 70.8 Å². The van der Waals surface area contributed by atoms with E-state index in [2.05, 4.69) is 18.6 Å². The van der Waals surface area contributed by atoms with Crippen LogP contribution in [0.5, 0.6) is 0 Å². The number of aliphatic hydroxyl groups is 1. The zero-order chi connectivity index (χ0) is 37.9. The van der Waals surface area contributed by atoms with Gasteiger partial charge in [0, 0.05) is 46.2 Å². The van der Waals surface area contributed by atoms with Crippen molar-refractivity contribution in [1.29, 1.82) is 0 Å². The maximum atomic E-state index is 14.3. The monoisotopic (exact) mass is 718 g/mol. The van der Waals surface area contributed by atoms with Gasteiger partial charge in [0.1, 0.15) is 0 Å². The number of carbonyl (C=O) groups is 4. The van der Waals surface area contributed by atoms with Gasteiger partial charge in [0.25, 0.3) is 23.6 Å². The summed E-state index contributed by atoms with van der Waals surface area (Å²) in [5.74, 6) is -0.617. The number of rotatable bonds is 9. The van der Waals surface area contributed by atoms with Gasteiger partial charge in [0.15, 0.2) is 0 Å². The predicted molar refractivity (Wildman–Crippen MR) is 208 cm³/mol. The number of carbonyl (C=O) groups excluding carboxylic acids is 4. The first-order valence-electron chi connectivity index (χ1n) is 19.1. The van der Waals surface area contributed by atoms with Crippen LogP contribution in [0.3, 0.4) is 0 Å². The molecule has 1 saturated carbocycles. The molecule has 53 heavy (non-hydrogen) atoms. The van der Waals surface area contributed by atoms with E-state index in [1.54, 1.807) is 7.11 Å². The third-order valence-corrected chi connectivity index (χ3v) is 11.6. The molecule has 2 heterocycles. The highest BCUT2D eigenvalue weighted by atomic mass is 16.5. The number of aliphatic hydroxyl groups excluding tert-OH is 1. The maximum absolute atomic E-state index is 14.3. The standard InChI is InChI=1S/C41H42N2O5.C3H8O2/c1-21(2)20-22(3)48-41(5,6)23(4)42-37(44)29-16-12-25-27-14-18-31-36-32(40(47)43(39(31)46)24-10-8-7-9-11-24)19-15-28(34(27)36)26-13-17-30(38(42)45)35(29)33(25)26;1-5-3-2-4/h12-19,21-24H,7-11,20H2,1-6H3;4H,2-3H2,1H3. The highest BCUT2D eigenvalue weighted by molar-refractivity contribution is 6.41. The second-order valence-corrected chi connectivity index (χ2v) is 15.9. The molecule has 0 aromatic heterocycles. The zero-order valence-electron chi connectivity index (χ0n) is 31.9. The normalized spacial score (nSPS) is 17.8. The molecule has 1 fully saturated rings. The molecule has 9 heteroatoms. The first kappa shape index (κ1) is 36.9. The Bertz CT molecular complexity index is 2150. The summed E-state index contributed by atoms with van der Waals surface area (Å²) < 4.78 is 10.9. The average molecular weight is 719 g/mol. The summed E-state index contributed by atoms with van der Waals surface area (Å²) in [4.78, 5) is 59.4. The molecular formula is C44H50N2O7. The van der Waals surface area contributed by atoms with E-state index in [0.29, 0.717) is 45.6 Å². The van der Waals surface area contributed by atoms with Crippen LogP contribution in [0.2, 0.25) is 0 Å². The molecule has 8 rings (SSSR count). The molecule has 4 amide bonds. The Kier molecular flexibility index (Phi) is 9.81. The van der Waals surface area contributed by atoms with Crippen LogP contribution >= 0.6 is 0 Å². The number of benzene rings is 5. The Morgan fingerprint density at radius 1 is 0.679 bits per heavy atom. The van der Waals surface area contributed by atoms with E-state index in [0.717, 1.165) is 70.8 Å². The van der Waals surface area contributed by atoms with Gasteiger partial charge in [-0.2, -0.15) is 0 Å². The van der Waals surface area contributed by atoms with E-state index in [4.69, 9.17) is 9.84 Å². The van der Waals surface area contributed by atoms with E-state index >= 15 is 0 Å². The molecule has 0 radical (unpaired) electrons. The molecule has 1 aliphatic carbocycles. The molecule has 3 aliphatic rings. The van der Waals surface area contributed by atoms with Crippen molar-refractivity contribution < 1.29 is 33.8 Å². The molecule has 0 spiro atoms. The SMILES string of the molecule is CC(C)CC(C)OC(C)(C)C(C)N1C(=O)c2ccc3c4ccc5c6c(ccc(c7ccc(c2c37)C1=O)c64)C(=O)N(C1CCCCC1)C5=O.COCCO. The lowest BCUT2D eigenvalue weighted by atomic mass is 9.81. The fourth-order valence-corrected chi connectivity index (χ4v) is 9.06. The molecular weight excluding hydrogens is 668 g/mol. The summed E-state index contributed by atoms with van der Waals surface area (Å²) in [5, 5.41) is 14.6. The molecule has 5 aromatic carbocycles. The van der Waals surface area contributed by atoms with Gasteiger partial charge >= 0.3 is 0 Å². The highest BCUT2D eigenvalue weighted by Gasteiger charge is 2.44. The van der Waals surface area contributed by atoms with Crippen molar-refractivity contribution in [3.8, 4) is 0 Å². The van der Waals surface area contributed by atoms with Crippen LogP contribution in [0.25, 0.3) is 43.1 Å². The van der Waals surface area contributed by atoms with E-state index in [9.17, 15) is 19.2 Å². The molecule has 1 N–H and O–H groups in total. The van der Waals surface area contributed by atoms with Crippen LogP contribution < -0.4 is 0 Å². The first-order valence-corrected chi connectivity index (χ1v) is 19.1. The van der Waals surface area contributed by atoms with Gasteiger partial charge in [-0.25, -0.2) is 0 Å². The van der Waals surface area contributed by atoms with Crippen LogP contribution in [0, 0.1) is 5.92 Å². The summed E-state index contributed by atoms with van der Waals surface area (Å²) in [6, 6.07) is 14.7. The van der Waals surface area contributed by atoms with Gasteiger partial charge < -0.3 is 14.6 Å². The van der Waals surface area contributed by atoms with Crippen LogP contribution in [0.1, 0.15) is 121 Å². The lowest BCUT2D eigenvalue weighted by Gasteiger charge is -2.42. The number of ether oxygens (including phenoxy) is 2. The lowest BCUT2D eigenvalue weighted by Crippen LogP contribution is -2.56. The minimum absolute atomic E-state index is 0.0267. The molecule has 278 valence electrons. The van der Waals surface area contributed by atoms with Crippen LogP contribution in [0.15, 0.2) is 48.5 Å². The van der Waals surface area contributed by atoms with Crippen molar-refractivity contribution in [2.75, 3.05) is 20.3 Å². The van der Waals surface area contributed by atoms with Crippen molar-refractivity contribution >= 4 is 66.7 Å². The maximum Gasteiger partial charge on any atom is 0.261 e. The second-order valence-electron chi connectivity index (χ2n) is 15.9. The quantitative estimate of drug-likeness (QED) is 0.0924. The average Bonchev–Trinajstić information content (AvgIpc) is 3.12. The van der Waals surface area contributed by atoms with Crippen molar-refractivity contribution in [3.63, 3.8) is 0 Å². The molecule has 5 aromatic rings. The Morgan fingerprint density at radius 2 is 1.11 bits per heavy atom. The van der Waals surface area contributed by atoms with Crippen LogP contribution in [-0.2, 0) is 9.47 Å². The summed E-state index contributed by atoms with van der Waals surface area (Å²) in [7, 11) is 1.55. The van der Waals surface area contributed by atoms with Crippen molar-refractivity contribution in [2.45, 2.75) is 104 Å². The Labute approximate surface area is 310 Å². The molecule has 2 unspecified atom stereocenters. The zero-order valence-corrected chi connectivity index (χ0v) is 31.9. The third kappa shape index (κ3) is 5.97. The van der Waals surface area contributed by atoms with Crippen LogP contribution in [-0.4, -0.2) is 82.6 Å². The Morgan fingerprint density at radius 3 is 1.49 bits per heavy atom. The minimum atomic E-state index is -0.766.